The SMILES string of the molecule is COc1ccccc1NC(=O)CCN1CCN(CC(=O)N2CCCCCC2)CC1. The molecule has 0 atom stereocenters. The quantitative estimate of drug-likeness (QED) is 0.756. The predicted octanol–water partition coefficient (Wildman–Crippen LogP) is 2.04. The fourth-order valence-electron chi connectivity index (χ4n) is 4.00. The molecule has 2 amide bonds. The smallest absolute Gasteiger partial charge is 0.236 e. The second-order valence-corrected chi connectivity index (χ2v) is 7.91. The molecular formula is C22H34N4O3. The van der Waals surface area contributed by atoms with Gasteiger partial charge in [0.1, 0.15) is 5.75 Å². The van der Waals surface area contributed by atoms with Crippen molar-refractivity contribution >= 4 is 17.5 Å². The Labute approximate surface area is 174 Å². The van der Waals surface area contributed by atoms with Crippen LogP contribution in [-0.4, -0.2) is 86.0 Å². The van der Waals surface area contributed by atoms with Crippen LogP contribution in [0.2, 0.25) is 0 Å². The van der Waals surface area contributed by atoms with Gasteiger partial charge in [0, 0.05) is 52.2 Å². The number of rotatable bonds is 7. The molecule has 1 aromatic carbocycles. The Morgan fingerprint density at radius 3 is 2.28 bits per heavy atom. The van der Waals surface area contributed by atoms with Gasteiger partial charge in [-0.15, -0.1) is 0 Å². The lowest BCUT2D eigenvalue weighted by atomic mass is 10.2. The maximum atomic E-state index is 12.5. The first kappa shape index (κ1) is 21.6. The Bertz CT molecular complexity index is 666. The van der Waals surface area contributed by atoms with Gasteiger partial charge in [-0.05, 0) is 25.0 Å². The van der Waals surface area contributed by atoms with E-state index in [0.717, 1.165) is 58.7 Å². The third kappa shape index (κ3) is 6.72. The fourth-order valence-corrected chi connectivity index (χ4v) is 4.00. The van der Waals surface area contributed by atoms with Crippen LogP contribution < -0.4 is 10.1 Å². The molecular weight excluding hydrogens is 368 g/mol. The minimum absolute atomic E-state index is 0.00623. The molecule has 0 saturated carbocycles. The van der Waals surface area contributed by atoms with Gasteiger partial charge in [-0.25, -0.2) is 0 Å². The van der Waals surface area contributed by atoms with E-state index in [0.29, 0.717) is 24.4 Å². The monoisotopic (exact) mass is 402 g/mol. The number of piperazine rings is 1. The van der Waals surface area contributed by atoms with Crippen molar-refractivity contribution < 1.29 is 14.3 Å². The number of carbonyl (C=O) groups is 2. The van der Waals surface area contributed by atoms with Gasteiger partial charge in [-0.1, -0.05) is 25.0 Å². The molecule has 2 heterocycles. The number of likely N-dealkylation sites (tertiary alicyclic amines) is 1. The van der Waals surface area contributed by atoms with E-state index >= 15 is 0 Å². The van der Waals surface area contributed by atoms with Gasteiger partial charge in [0.15, 0.2) is 0 Å². The summed E-state index contributed by atoms with van der Waals surface area (Å²) in [6, 6.07) is 7.44. The average Bonchev–Trinajstić information content (AvgIpc) is 3.03. The van der Waals surface area contributed by atoms with Crippen molar-refractivity contribution in [3.63, 3.8) is 0 Å². The number of carbonyl (C=O) groups excluding carboxylic acids is 2. The first-order chi connectivity index (χ1) is 14.2. The first-order valence-electron chi connectivity index (χ1n) is 10.8. The molecule has 160 valence electrons. The molecule has 1 aromatic rings. The van der Waals surface area contributed by atoms with Crippen LogP contribution in [0.15, 0.2) is 24.3 Å². The maximum Gasteiger partial charge on any atom is 0.236 e. The van der Waals surface area contributed by atoms with Gasteiger partial charge in [-0.3, -0.25) is 14.5 Å². The van der Waals surface area contributed by atoms with E-state index in [1.165, 1.54) is 12.8 Å². The maximum absolute atomic E-state index is 12.5. The van der Waals surface area contributed by atoms with Gasteiger partial charge in [-0.2, -0.15) is 0 Å². The number of methoxy groups -OCH3 is 1. The minimum atomic E-state index is -0.00623. The molecule has 2 saturated heterocycles. The summed E-state index contributed by atoms with van der Waals surface area (Å²) in [5.74, 6) is 0.938. The van der Waals surface area contributed by atoms with Crippen LogP contribution in [0.4, 0.5) is 5.69 Å². The zero-order valence-electron chi connectivity index (χ0n) is 17.6. The summed E-state index contributed by atoms with van der Waals surface area (Å²) in [5, 5.41) is 2.93. The van der Waals surface area contributed by atoms with Crippen LogP contribution in [0.3, 0.4) is 0 Å². The number of hydrogen-bond acceptors (Lipinski definition) is 5. The first-order valence-corrected chi connectivity index (χ1v) is 10.8. The number of anilines is 1. The molecule has 2 aliphatic heterocycles. The number of ether oxygens (including phenoxy) is 1. The molecule has 1 N–H and O–H groups in total. The highest BCUT2D eigenvalue weighted by Gasteiger charge is 2.22. The lowest BCUT2D eigenvalue weighted by molar-refractivity contribution is -0.132. The molecule has 2 aliphatic rings. The second-order valence-electron chi connectivity index (χ2n) is 7.91. The topological polar surface area (TPSA) is 65.1 Å². The number of para-hydroxylation sites is 2. The average molecular weight is 403 g/mol. The largest absolute Gasteiger partial charge is 0.495 e. The number of benzene rings is 1. The molecule has 0 bridgehead atoms. The molecule has 7 nitrogen and oxygen atoms in total. The number of nitrogens with one attached hydrogen (secondary N) is 1. The third-order valence-corrected chi connectivity index (χ3v) is 5.82. The molecule has 7 heteroatoms. The predicted molar refractivity (Wildman–Crippen MR) is 114 cm³/mol. The minimum Gasteiger partial charge on any atom is -0.495 e. The van der Waals surface area contributed by atoms with Crippen molar-refractivity contribution in [1.82, 2.24) is 14.7 Å². The molecule has 29 heavy (non-hydrogen) atoms. The van der Waals surface area contributed by atoms with Crippen molar-refractivity contribution in [2.24, 2.45) is 0 Å². The molecule has 0 radical (unpaired) electrons. The normalized spacial score (nSPS) is 18.9. The van der Waals surface area contributed by atoms with Crippen molar-refractivity contribution in [3.8, 4) is 5.75 Å². The Balaban J connectivity index is 1.35. The number of nitrogens with zero attached hydrogens (tertiary/aromatic N) is 3. The van der Waals surface area contributed by atoms with Crippen LogP contribution in [-0.2, 0) is 9.59 Å². The lowest BCUT2D eigenvalue weighted by Gasteiger charge is -2.35. The zero-order valence-corrected chi connectivity index (χ0v) is 17.6. The summed E-state index contributed by atoms with van der Waals surface area (Å²) in [4.78, 5) is 31.4. The highest BCUT2D eigenvalue weighted by molar-refractivity contribution is 5.92. The van der Waals surface area contributed by atoms with Gasteiger partial charge >= 0.3 is 0 Å². The molecule has 0 aromatic heterocycles. The fraction of sp³-hybridized carbons (Fsp3) is 0.636. The number of amides is 2. The highest BCUT2D eigenvalue weighted by Crippen LogP contribution is 2.23. The van der Waals surface area contributed by atoms with E-state index < -0.39 is 0 Å². The Morgan fingerprint density at radius 1 is 0.931 bits per heavy atom. The number of hydrogen-bond donors (Lipinski definition) is 1. The third-order valence-electron chi connectivity index (χ3n) is 5.82. The van der Waals surface area contributed by atoms with Crippen molar-refractivity contribution in [2.45, 2.75) is 32.1 Å². The Hall–Kier alpha value is -2.12. The van der Waals surface area contributed by atoms with E-state index in [9.17, 15) is 9.59 Å². The van der Waals surface area contributed by atoms with Crippen LogP contribution in [0.1, 0.15) is 32.1 Å². The van der Waals surface area contributed by atoms with Crippen LogP contribution in [0.5, 0.6) is 5.75 Å². The summed E-state index contributed by atoms with van der Waals surface area (Å²) in [6.45, 7) is 6.66. The zero-order chi connectivity index (χ0) is 20.5. The molecule has 0 spiro atoms. The standard InChI is InChI=1S/C22H34N4O3/c1-29-20-9-5-4-8-19(20)23-21(27)10-13-24-14-16-25(17-15-24)18-22(28)26-11-6-2-3-7-12-26/h4-5,8-9H,2-3,6-7,10-18H2,1H3,(H,23,27). The van der Waals surface area contributed by atoms with E-state index in [1.54, 1.807) is 7.11 Å². The van der Waals surface area contributed by atoms with Gasteiger partial charge < -0.3 is 19.9 Å². The van der Waals surface area contributed by atoms with Crippen molar-refractivity contribution in [3.05, 3.63) is 24.3 Å². The molecule has 2 fully saturated rings. The van der Waals surface area contributed by atoms with Crippen molar-refractivity contribution in [2.75, 3.05) is 64.8 Å². The van der Waals surface area contributed by atoms with E-state index in [-0.39, 0.29) is 11.8 Å². The Kier molecular flexibility index (Phi) is 8.31. The molecule has 3 rings (SSSR count). The van der Waals surface area contributed by atoms with Crippen LogP contribution in [0, 0.1) is 0 Å². The van der Waals surface area contributed by atoms with E-state index in [1.807, 2.05) is 29.2 Å². The second kappa shape index (κ2) is 11.2. The summed E-state index contributed by atoms with van der Waals surface area (Å²) >= 11 is 0. The van der Waals surface area contributed by atoms with Crippen LogP contribution in [0.25, 0.3) is 0 Å². The van der Waals surface area contributed by atoms with Gasteiger partial charge in [0.25, 0.3) is 0 Å². The van der Waals surface area contributed by atoms with Gasteiger partial charge in [0.05, 0.1) is 19.3 Å². The lowest BCUT2D eigenvalue weighted by Crippen LogP contribution is -2.50. The van der Waals surface area contributed by atoms with Crippen molar-refractivity contribution in [1.29, 1.82) is 0 Å². The molecule has 0 aliphatic carbocycles. The summed E-state index contributed by atoms with van der Waals surface area (Å²) in [6.07, 6.45) is 5.21. The van der Waals surface area contributed by atoms with Gasteiger partial charge in [0.2, 0.25) is 11.8 Å². The summed E-state index contributed by atoms with van der Waals surface area (Å²) in [5.41, 5.74) is 0.705. The van der Waals surface area contributed by atoms with Crippen LogP contribution >= 0.6 is 0 Å². The summed E-state index contributed by atoms with van der Waals surface area (Å²) < 4.78 is 5.27. The summed E-state index contributed by atoms with van der Waals surface area (Å²) in [7, 11) is 1.60. The molecule has 0 unspecified atom stereocenters. The Morgan fingerprint density at radius 2 is 1.59 bits per heavy atom. The van der Waals surface area contributed by atoms with E-state index in [2.05, 4.69) is 15.1 Å². The highest BCUT2D eigenvalue weighted by atomic mass is 16.5. The van der Waals surface area contributed by atoms with E-state index in [4.69, 9.17) is 4.74 Å².